The topological polar surface area (TPSA) is 118 Å². The Balaban J connectivity index is 3.68. The molecular formula is C12H21NO6. The van der Waals surface area contributed by atoms with Gasteiger partial charge in [0.2, 0.25) is 6.04 Å². The Morgan fingerprint density at radius 3 is 1.89 bits per heavy atom. The number of nitro groups is 1. The van der Waals surface area contributed by atoms with Gasteiger partial charge >= 0.3 is 11.9 Å². The van der Waals surface area contributed by atoms with Gasteiger partial charge < -0.3 is 10.2 Å². The van der Waals surface area contributed by atoms with Gasteiger partial charge in [-0.2, -0.15) is 0 Å². The molecule has 0 aromatic carbocycles. The molecule has 7 heteroatoms. The highest BCUT2D eigenvalue weighted by Crippen LogP contribution is 2.14. The summed E-state index contributed by atoms with van der Waals surface area (Å²) in [4.78, 5) is 31.0. The molecule has 0 amide bonds. The fraction of sp³-hybridized carbons (Fsp3) is 0.833. The summed E-state index contributed by atoms with van der Waals surface area (Å²) >= 11 is 0. The van der Waals surface area contributed by atoms with Crippen LogP contribution in [0.2, 0.25) is 0 Å². The van der Waals surface area contributed by atoms with Crippen molar-refractivity contribution in [2.45, 2.75) is 63.8 Å². The SMILES string of the molecule is O=C(O)CCCCCCC(CCCC(=O)O)[N+](=O)[O-]. The number of hydrogen-bond acceptors (Lipinski definition) is 4. The number of carbonyl (C=O) groups is 2. The molecule has 0 saturated heterocycles. The molecule has 0 aromatic rings. The molecule has 1 unspecified atom stereocenters. The summed E-state index contributed by atoms with van der Waals surface area (Å²) in [6, 6.07) is -0.682. The Hall–Kier alpha value is -1.66. The lowest BCUT2D eigenvalue weighted by molar-refractivity contribution is -0.524. The van der Waals surface area contributed by atoms with E-state index in [1.54, 1.807) is 0 Å². The molecule has 0 aliphatic heterocycles. The summed E-state index contributed by atoms with van der Waals surface area (Å²) < 4.78 is 0. The first-order valence-corrected chi connectivity index (χ1v) is 6.50. The summed E-state index contributed by atoms with van der Waals surface area (Å²) in [5.74, 6) is -1.76. The van der Waals surface area contributed by atoms with E-state index in [2.05, 4.69) is 0 Å². The zero-order chi connectivity index (χ0) is 14.7. The normalized spacial score (nSPS) is 12.0. The van der Waals surface area contributed by atoms with Crippen LogP contribution in [0.1, 0.15) is 57.8 Å². The minimum absolute atomic E-state index is 0.0387. The Morgan fingerprint density at radius 1 is 0.895 bits per heavy atom. The van der Waals surface area contributed by atoms with Crippen LogP contribution in [0.3, 0.4) is 0 Å². The fourth-order valence-corrected chi connectivity index (χ4v) is 1.85. The van der Waals surface area contributed by atoms with E-state index in [9.17, 15) is 19.7 Å². The Labute approximate surface area is 111 Å². The highest BCUT2D eigenvalue weighted by Gasteiger charge is 2.19. The van der Waals surface area contributed by atoms with Gasteiger partial charge in [0, 0.05) is 30.6 Å². The van der Waals surface area contributed by atoms with Gasteiger partial charge in [-0.15, -0.1) is 0 Å². The van der Waals surface area contributed by atoms with E-state index in [4.69, 9.17) is 10.2 Å². The molecule has 0 spiro atoms. The van der Waals surface area contributed by atoms with Crippen LogP contribution in [0.25, 0.3) is 0 Å². The van der Waals surface area contributed by atoms with Crippen molar-refractivity contribution in [2.75, 3.05) is 0 Å². The van der Waals surface area contributed by atoms with Crippen molar-refractivity contribution in [3.63, 3.8) is 0 Å². The van der Waals surface area contributed by atoms with Crippen LogP contribution >= 0.6 is 0 Å². The molecule has 1 atom stereocenters. The maximum absolute atomic E-state index is 10.8. The molecule has 0 aromatic heterocycles. The zero-order valence-corrected chi connectivity index (χ0v) is 10.9. The van der Waals surface area contributed by atoms with Crippen molar-refractivity contribution in [3.8, 4) is 0 Å². The van der Waals surface area contributed by atoms with Crippen LogP contribution in [-0.2, 0) is 9.59 Å². The third-order valence-electron chi connectivity index (χ3n) is 2.90. The van der Waals surface area contributed by atoms with E-state index in [1.807, 2.05) is 0 Å². The van der Waals surface area contributed by atoms with E-state index in [-0.39, 0.29) is 24.2 Å². The third-order valence-corrected chi connectivity index (χ3v) is 2.90. The van der Waals surface area contributed by atoms with Crippen LogP contribution in [0, 0.1) is 10.1 Å². The first-order chi connectivity index (χ1) is 8.93. The second-order valence-electron chi connectivity index (χ2n) is 4.57. The first-order valence-electron chi connectivity index (χ1n) is 6.50. The lowest BCUT2D eigenvalue weighted by Crippen LogP contribution is -2.19. The number of nitrogens with zero attached hydrogens (tertiary/aromatic N) is 1. The van der Waals surface area contributed by atoms with Crippen LogP contribution in [0.4, 0.5) is 0 Å². The van der Waals surface area contributed by atoms with Crippen molar-refractivity contribution < 1.29 is 24.7 Å². The molecule has 19 heavy (non-hydrogen) atoms. The minimum atomic E-state index is -0.934. The van der Waals surface area contributed by atoms with Crippen molar-refractivity contribution in [1.29, 1.82) is 0 Å². The minimum Gasteiger partial charge on any atom is -0.481 e. The zero-order valence-electron chi connectivity index (χ0n) is 10.9. The van der Waals surface area contributed by atoms with Crippen molar-refractivity contribution in [3.05, 3.63) is 10.1 Å². The molecule has 0 heterocycles. The van der Waals surface area contributed by atoms with Gasteiger partial charge in [0.1, 0.15) is 0 Å². The van der Waals surface area contributed by atoms with E-state index in [1.165, 1.54) is 0 Å². The number of hydrogen-bond donors (Lipinski definition) is 2. The number of rotatable bonds is 12. The van der Waals surface area contributed by atoms with Crippen LogP contribution in [0.5, 0.6) is 0 Å². The molecule has 110 valence electrons. The second kappa shape index (κ2) is 10.3. The van der Waals surface area contributed by atoms with Gasteiger partial charge in [-0.3, -0.25) is 19.7 Å². The van der Waals surface area contributed by atoms with Crippen molar-refractivity contribution in [2.24, 2.45) is 0 Å². The molecule has 2 N–H and O–H groups in total. The molecule has 0 radical (unpaired) electrons. The quantitative estimate of drug-likeness (QED) is 0.320. The van der Waals surface area contributed by atoms with E-state index >= 15 is 0 Å². The molecular weight excluding hydrogens is 254 g/mol. The maximum atomic E-state index is 10.8. The third kappa shape index (κ3) is 11.2. The highest BCUT2D eigenvalue weighted by atomic mass is 16.6. The number of carboxylic acids is 2. The van der Waals surface area contributed by atoms with Crippen LogP contribution < -0.4 is 0 Å². The van der Waals surface area contributed by atoms with Gasteiger partial charge in [0.15, 0.2) is 0 Å². The number of unbranched alkanes of at least 4 members (excludes halogenated alkanes) is 3. The lowest BCUT2D eigenvalue weighted by atomic mass is 10.0. The molecule has 0 fully saturated rings. The van der Waals surface area contributed by atoms with Crippen molar-refractivity contribution in [1.82, 2.24) is 0 Å². The Bertz CT molecular complexity index is 305. The van der Waals surface area contributed by atoms with Crippen molar-refractivity contribution >= 4 is 11.9 Å². The predicted octanol–water partition coefficient (Wildman–Crippen LogP) is 2.31. The molecule has 0 bridgehead atoms. The summed E-state index contributed by atoms with van der Waals surface area (Å²) in [5.41, 5.74) is 0. The standard InChI is InChI=1S/C12H21NO6/c14-11(15)8-4-2-1-3-6-10(13(18)19)7-5-9-12(16)17/h10H,1-9H2,(H,14,15)(H,16,17). The second-order valence-corrected chi connectivity index (χ2v) is 4.57. The fourth-order valence-electron chi connectivity index (χ4n) is 1.85. The summed E-state index contributed by atoms with van der Waals surface area (Å²) in [6.45, 7) is 0. The van der Waals surface area contributed by atoms with E-state index in [0.29, 0.717) is 25.7 Å². The maximum Gasteiger partial charge on any atom is 0.303 e. The number of aliphatic carboxylic acids is 2. The van der Waals surface area contributed by atoms with Gasteiger partial charge in [-0.05, 0) is 19.3 Å². The van der Waals surface area contributed by atoms with E-state index < -0.39 is 18.0 Å². The van der Waals surface area contributed by atoms with Gasteiger partial charge in [0.25, 0.3) is 0 Å². The van der Waals surface area contributed by atoms with E-state index in [0.717, 1.165) is 12.8 Å². The molecule has 7 nitrogen and oxygen atoms in total. The molecule has 0 saturated carbocycles. The predicted molar refractivity (Wildman–Crippen MR) is 67.6 cm³/mol. The molecule has 0 rings (SSSR count). The van der Waals surface area contributed by atoms with Gasteiger partial charge in [0.05, 0.1) is 0 Å². The summed E-state index contributed by atoms with van der Waals surface area (Å²) in [7, 11) is 0. The monoisotopic (exact) mass is 275 g/mol. The van der Waals surface area contributed by atoms with Gasteiger partial charge in [-0.25, -0.2) is 0 Å². The summed E-state index contributed by atoms with van der Waals surface area (Å²) in [5, 5.41) is 27.7. The van der Waals surface area contributed by atoms with Crippen LogP contribution in [-0.4, -0.2) is 33.1 Å². The Kier molecular flexibility index (Phi) is 9.38. The number of carboxylic acid groups (broad SMARTS) is 2. The average molecular weight is 275 g/mol. The first kappa shape index (κ1) is 17.3. The average Bonchev–Trinajstić information content (AvgIpc) is 2.29. The largest absolute Gasteiger partial charge is 0.481 e. The smallest absolute Gasteiger partial charge is 0.303 e. The highest BCUT2D eigenvalue weighted by molar-refractivity contribution is 5.66. The van der Waals surface area contributed by atoms with Gasteiger partial charge in [-0.1, -0.05) is 12.8 Å². The molecule has 0 aliphatic carbocycles. The molecule has 0 aliphatic rings. The Morgan fingerprint density at radius 2 is 1.37 bits per heavy atom. The lowest BCUT2D eigenvalue weighted by Gasteiger charge is -2.08. The van der Waals surface area contributed by atoms with Crippen LogP contribution in [0.15, 0.2) is 0 Å². The summed E-state index contributed by atoms with van der Waals surface area (Å²) in [6.07, 6.45) is 3.94.